The molecule has 2 saturated heterocycles. The molecule has 3 aliphatic heterocycles. The topological polar surface area (TPSA) is 44.7 Å². The summed E-state index contributed by atoms with van der Waals surface area (Å²) in [4.78, 5) is 14.5. The minimum Gasteiger partial charge on any atom is -0.292 e. The van der Waals surface area contributed by atoms with Crippen LogP contribution in [0.3, 0.4) is 0 Å². The number of nitrogens with one attached hydrogen (secondary N) is 1. The van der Waals surface area contributed by atoms with Gasteiger partial charge in [-0.2, -0.15) is 5.10 Å². The first-order chi connectivity index (χ1) is 9.33. The number of hydrogen-bond acceptors (Lipinski definition) is 3. The van der Waals surface area contributed by atoms with Crippen molar-refractivity contribution in [2.24, 2.45) is 11.0 Å². The van der Waals surface area contributed by atoms with Crippen LogP contribution in [0.2, 0.25) is 0 Å². The van der Waals surface area contributed by atoms with Crippen LogP contribution in [0.4, 0.5) is 0 Å². The summed E-state index contributed by atoms with van der Waals surface area (Å²) in [6.45, 7) is 0.952. The summed E-state index contributed by atoms with van der Waals surface area (Å²) in [7, 11) is 0. The molecule has 0 saturated carbocycles. The Morgan fingerprint density at radius 3 is 2.95 bits per heavy atom. The second-order valence-corrected chi connectivity index (χ2v) is 5.72. The molecule has 4 nitrogen and oxygen atoms in total. The highest BCUT2D eigenvalue weighted by molar-refractivity contribution is 6.09. The van der Waals surface area contributed by atoms with E-state index in [4.69, 9.17) is 0 Å². The molecule has 3 atom stereocenters. The zero-order valence-electron chi connectivity index (χ0n) is 10.7. The van der Waals surface area contributed by atoms with E-state index in [1.165, 1.54) is 12.0 Å². The minimum absolute atomic E-state index is 0.00228. The van der Waals surface area contributed by atoms with Gasteiger partial charge in [-0.15, -0.1) is 0 Å². The Kier molecular flexibility index (Phi) is 2.45. The lowest BCUT2D eigenvalue weighted by atomic mass is 9.88. The maximum Gasteiger partial charge on any atom is 0.250 e. The normalized spacial score (nSPS) is 32.9. The van der Waals surface area contributed by atoms with Gasteiger partial charge in [0.1, 0.15) is 0 Å². The van der Waals surface area contributed by atoms with Gasteiger partial charge in [-0.3, -0.25) is 9.69 Å². The third-order valence-electron chi connectivity index (χ3n) is 4.68. The van der Waals surface area contributed by atoms with Gasteiger partial charge in [0.05, 0.1) is 11.6 Å². The van der Waals surface area contributed by atoms with Gasteiger partial charge in [-0.1, -0.05) is 30.3 Å². The molecule has 0 aromatic heterocycles. The second-order valence-electron chi connectivity index (χ2n) is 5.72. The first-order valence-corrected chi connectivity index (χ1v) is 6.99. The van der Waals surface area contributed by atoms with Crippen LogP contribution < -0.4 is 5.43 Å². The summed E-state index contributed by atoms with van der Waals surface area (Å²) in [5.41, 5.74) is 5.07. The number of piperidine rings is 1. The molecule has 0 spiro atoms. The van der Waals surface area contributed by atoms with Crippen LogP contribution >= 0.6 is 0 Å². The third kappa shape index (κ3) is 1.70. The van der Waals surface area contributed by atoms with Crippen molar-refractivity contribution in [2.45, 2.75) is 37.9 Å². The molecule has 0 aliphatic carbocycles. The number of rotatable bonds is 2. The van der Waals surface area contributed by atoms with Crippen LogP contribution in [0, 0.1) is 5.92 Å². The fourth-order valence-corrected chi connectivity index (χ4v) is 3.81. The highest BCUT2D eigenvalue weighted by atomic mass is 16.2. The summed E-state index contributed by atoms with van der Waals surface area (Å²) in [6, 6.07) is 11.4. The van der Waals surface area contributed by atoms with Crippen molar-refractivity contribution in [1.29, 1.82) is 0 Å². The van der Waals surface area contributed by atoms with Gasteiger partial charge in [-0.25, -0.2) is 5.43 Å². The average molecular weight is 255 g/mol. The highest BCUT2D eigenvalue weighted by Gasteiger charge is 2.50. The van der Waals surface area contributed by atoms with E-state index in [0.717, 1.165) is 25.1 Å². The van der Waals surface area contributed by atoms with Crippen LogP contribution in [-0.4, -0.2) is 28.6 Å². The molecule has 1 N–H and O–H groups in total. The van der Waals surface area contributed by atoms with Crippen molar-refractivity contribution in [2.75, 3.05) is 0 Å². The number of carbonyl (C=O) groups is 1. The molecule has 98 valence electrons. The lowest BCUT2D eigenvalue weighted by Crippen LogP contribution is -2.50. The number of nitrogens with zero attached hydrogens (tertiary/aromatic N) is 2. The number of carbonyl (C=O) groups excluding carboxylic acids is 1. The van der Waals surface area contributed by atoms with Crippen molar-refractivity contribution in [3.8, 4) is 0 Å². The molecular formula is C15H17N3O. The molecule has 1 aromatic carbocycles. The summed E-state index contributed by atoms with van der Waals surface area (Å²) in [5.74, 6) is 0.0980. The number of fused-ring (bicyclic) bond motifs is 4. The van der Waals surface area contributed by atoms with E-state index in [1.54, 1.807) is 0 Å². The Balaban J connectivity index is 1.61. The Morgan fingerprint density at radius 2 is 2.11 bits per heavy atom. The number of amides is 1. The number of hydrogen-bond donors (Lipinski definition) is 1. The Labute approximate surface area is 112 Å². The molecule has 4 heteroatoms. The van der Waals surface area contributed by atoms with Gasteiger partial charge < -0.3 is 0 Å². The minimum atomic E-state index is 0.00228. The summed E-state index contributed by atoms with van der Waals surface area (Å²) >= 11 is 0. The lowest BCUT2D eigenvalue weighted by Gasteiger charge is -2.37. The van der Waals surface area contributed by atoms with E-state index in [2.05, 4.69) is 39.7 Å². The standard InChI is InChI=1S/C15H17N3O/c19-15-14-12(16-17-15)8-11-6-7-13(14)18(11)9-10-4-2-1-3-5-10/h1-5,11,13-14H,6-9H2,(H,17,19). The zero-order chi connectivity index (χ0) is 12.8. The van der Waals surface area contributed by atoms with E-state index in [-0.39, 0.29) is 11.8 Å². The fourth-order valence-electron chi connectivity index (χ4n) is 3.81. The molecule has 4 rings (SSSR count). The Hall–Kier alpha value is -1.68. The van der Waals surface area contributed by atoms with E-state index >= 15 is 0 Å². The van der Waals surface area contributed by atoms with Crippen LogP contribution in [0.25, 0.3) is 0 Å². The first kappa shape index (κ1) is 11.2. The van der Waals surface area contributed by atoms with Crippen LogP contribution in [0.1, 0.15) is 24.8 Å². The van der Waals surface area contributed by atoms with E-state index in [9.17, 15) is 4.79 Å². The van der Waals surface area contributed by atoms with Gasteiger partial charge in [0.2, 0.25) is 0 Å². The molecule has 1 aromatic rings. The van der Waals surface area contributed by atoms with Gasteiger partial charge in [0.15, 0.2) is 0 Å². The summed E-state index contributed by atoms with van der Waals surface area (Å²) in [6.07, 6.45) is 3.27. The summed E-state index contributed by atoms with van der Waals surface area (Å²) in [5, 5.41) is 4.21. The molecular weight excluding hydrogens is 238 g/mol. The SMILES string of the molecule is O=C1NN=C2CC3CCC(C12)N3Cc1ccccc1. The van der Waals surface area contributed by atoms with Crippen molar-refractivity contribution >= 4 is 11.6 Å². The van der Waals surface area contributed by atoms with Crippen LogP contribution in [0.5, 0.6) is 0 Å². The average Bonchev–Trinajstić information content (AvgIpc) is 2.92. The molecule has 3 unspecified atom stereocenters. The summed E-state index contributed by atoms with van der Waals surface area (Å²) < 4.78 is 0. The van der Waals surface area contributed by atoms with Crippen LogP contribution in [0.15, 0.2) is 35.4 Å². The van der Waals surface area contributed by atoms with Gasteiger partial charge in [0.25, 0.3) is 5.91 Å². The Morgan fingerprint density at radius 1 is 1.26 bits per heavy atom. The fraction of sp³-hybridized carbons (Fsp3) is 0.467. The van der Waals surface area contributed by atoms with Crippen molar-refractivity contribution in [3.05, 3.63) is 35.9 Å². The quantitative estimate of drug-likeness (QED) is 0.871. The molecule has 3 aliphatic rings. The maximum absolute atomic E-state index is 11.9. The van der Waals surface area contributed by atoms with E-state index < -0.39 is 0 Å². The van der Waals surface area contributed by atoms with Crippen molar-refractivity contribution in [3.63, 3.8) is 0 Å². The zero-order valence-corrected chi connectivity index (χ0v) is 10.7. The van der Waals surface area contributed by atoms with Gasteiger partial charge in [-0.05, 0) is 18.4 Å². The van der Waals surface area contributed by atoms with Gasteiger partial charge >= 0.3 is 0 Å². The smallest absolute Gasteiger partial charge is 0.250 e. The van der Waals surface area contributed by atoms with Gasteiger partial charge in [0, 0.05) is 25.0 Å². The molecule has 19 heavy (non-hydrogen) atoms. The van der Waals surface area contributed by atoms with E-state index in [0.29, 0.717) is 12.1 Å². The van der Waals surface area contributed by atoms with E-state index in [1.807, 2.05) is 6.07 Å². The predicted octanol–water partition coefficient (Wildman–Crippen LogP) is 1.53. The number of hydrazone groups is 1. The molecule has 3 heterocycles. The predicted molar refractivity (Wildman–Crippen MR) is 72.5 cm³/mol. The largest absolute Gasteiger partial charge is 0.292 e. The molecule has 0 radical (unpaired) electrons. The van der Waals surface area contributed by atoms with Crippen molar-refractivity contribution in [1.82, 2.24) is 10.3 Å². The lowest BCUT2D eigenvalue weighted by molar-refractivity contribution is -0.123. The molecule has 2 fully saturated rings. The molecule has 2 bridgehead atoms. The van der Waals surface area contributed by atoms with Crippen LogP contribution in [-0.2, 0) is 11.3 Å². The monoisotopic (exact) mass is 255 g/mol. The second kappa shape index (κ2) is 4.17. The highest BCUT2D eigenvalue weighted by Crippen LogP contribution is 2.40. The molecule has 1 amide bonds. The maximum atomic E-state index is 11.9. The number of benzene rings is 1. The Bertz CT molecular complexity index is 540. The van der Waals surface area contributed by atoms with Crippen molar-refractivity contribution < 1.29 is 4.79 Å². The first-order valence-electron chi connectivity index (χ1n) is 6.99. The third-order valence-corrected chi connectivity index (χ3v) is 4.68.